The molecule has 122 valence electrons. The van der Waals surface area contributed by atoms with Crippen LogP contribution in [0.4, 0.5) is 17.6 Å². The number of ether oxygens (including phenoxy) is 2. The highest BCUT2D eigenvalue weighted by Crippen LogP contribution is 2.29. The number of hydrogen-bond acceptors (Lipinski definition) is 3. The number of alkyl halides is 3. The van der Waals surface area contributed by atoms with E-state index in [0.29, 0.717) is 0 Å². The lowest BCUT2D eigenvalue weighted by Gasteiger charge is -2.11. The molecule has 0 fully saturated rings. The monoisotopic (exact) mass is 328 g/mol. The summed E-state index contributed by atoms with van der Waals surface area (Å²) in [6.07, 6.45) is -4.82. The molecule has 0 aliphatic heterocycles. The maximum absolute atomic E-state index is 13.7. The molecular formula is C16H12F4O3. The van der Waals surface area contributed by atoms with Gasteiger partial charge in [0.25, 0.3) is 0 Å². The molecule has 0 unspecified atom stereocenters. The van der Waals surface area contributed by atoms with Crippen LogP contribution in [0.3, 0.4) is 0 Å². The summed E-state index contributed by atoms with van der Waals surface area (Å²) >= 11 is 0. The Balaban J connectivity index is 2.38. The van der Waals surface area contributed by atoms with Crippen molar-refractivity contribution in [2.45, 2.75) is 13.3 Å². The van der Waals surface area contributed by atoms with Crippen molar-refractivity contribution >= 4 is 5.97 Å². The van der Waals surface area contributed by atoms with Crippen LogP contribution >= 0.6 is 0 Å². The van der Waals surface area contributed by atoms with Crippen LogP contribution in [0, 0.1) is 5.82 Å². The largest absolute Gasteiger partial charge is 0.573 e. The van der Waals surface area contributed by atoms with E-state index in [-0.39, 0.29) is 23.3 Å². The van der Waals surface area contributed by atoms with Crippen molar-refractivity contribution in [1.82, 2.24) is 0 Å². The molecule has 2 aromatic carbocycles. The Morgan fingerprint density at radius 1 is 1.09 bits per heavy atom. The van der Waals surface area contributed by atoms with Crippen LogP contribution in [0.25, 0.3) is 11.1 Å². The molecule has 0 amide bonds. The Hall–Kier alpha value is -2.57. The van der Waals surface area contributed by atoms with Gasteiger partial charge in [0.2, 0.25) is 0 Å². The molecule has 0 heterocycles. The fourth-order valence-electron chi connectivity index (χ4n) is 1.96. The Labute approximate surface area is 129 Å². The van der Waals surface area contributed by atoms with Gasteiger partial charge in [-0.2, -0.15) is 0 Å². The lowest BCUT2D eigenvalue weighted by Crippen LogP contribution is -2.17. The summed E-state index contributed by atoms with van der Waals surface area (Å²) in [6, 6.07) is 8.50. The van der Waals surface area contributed by atoms with Crippen LogP contribution in [0.2, 0.25) is 0 Å². The maximum atomic E-state index is 13.7. The number of halogens is 4. The van der Waals surface area contributed by atoms with Crippen LogP contribution in [-0.4, -0.2) is 18.9 Å². The van der Waals surface area contributed by atoms with Crippen molar-refractivity contribution < 1.29 is 31.8 Å². The SMILES string of the molecule is CCOC(=O)c1cc(F)cc(-c2cccc(OC(F)(F)F)c2)c1. The third-order valence-electron chi connectivity index (χ3n) is 2.81. The van der Waals surface area contributed by atoms with E-state index in [9.17, 15) is 22.4 Å². The summed E-state index contributed by atoms with van der Waals surface area (Å²) in [5, 5.41) is 0. The van der Waals surface area contributed by atoms with Crippen molar-refractivity contribution in [2.24, 2.45) is 0 Å². The van der Waals surface area contributed by atoms with Gasteiger partial charge in [-0.15, -0.1) is 13.2 Å². The highest BCUT2D eigenvalue weighted by molar-refractivity contribution is 5.91. The van der Waals surface area contributed by atoms with Gasteiger partial charge in [-0.05, 0) is 48.4 Å². The normalized spacial score (nSPS) is 11.2. The number of benzene rings is 2. The van der Waals surface area contributed by atoms with Gasteiger partial charge in [-0.25, -0.2) is 9.18 Å². The lowest BCUT2D eigenvalue weighted by molar-refractivity contribution is -0.274. The van der Waals surface area contributed by atoms with Gasteiger partial charge < -0.3 is 9.47 Å². The van der Waals surface area contributed by atoms with Crippen LogP contribution < -0.4 is 4.74 Å². The molecule has 0 aromatic heterocycles. The molecule has 0 saturated heterocycles. The zero-order valence-electron chi connectivity index (χ0n) is 12.0. The molecule has 0 aliphatic carbocycles. The van der Waals surface area contributed by atoms with Crippen molar-refractivity contribution in [3.05, 3.63) is 53.8 Å². The van der Waals surface area contributed by atoms with Gasteiger partial charge in [-0.3, -0.25) is 0 Å². The Kier molecular flexibility index (Phi) is 4.88. The van der Waals surface area contributed by atoms with Crippen LogP contribution in [0.5, 0.6) is 5.75 Å². The summed E-state index contributed by atoms with van der Waals surface area (Å²) < 4.78 is 59.0. The molecule has 0 radical (unpaired) electrons. The van der Waals surface area contributed by atoms with Crippen molar-refractivity contribution in [2.75, 3.05) is 6.61 Å². The molecule has 7 heteroatoms. The molecule has 0 N–H and O–H groups in total. The first kappa shape index (κ1) is 16.8. The number of rotatable bonds is 4. The minimum atomic E-state index is -4.82. The van der Waals surface area contributed by atoms with Crippen LogP contribution in [0.1, 0.15) is 17.3 Å². The summed E-state index contributed by atoms with van der Waals surface area (Å²) in [5.74, 6) is -1.85. The second-order valence-electron chi connectivity index (χ2n) is 4.52. The smallest absolute Gasteiger partial charge is 0.462 e. The molecule has 0 atom stereocenters. The van der Waals surface area contributed by atoms with Gasteiger partial charge in [0.15, 0.2) is 0 Å². The van der Waals surface area contributed by atoms with Gasteiger partial charge >= 0.3 is 12.3 Å². The maximum Gasteiger partial charge on any atom is 0.573 e. The Morgan fingerprint density at radius 2 is 1.83 bits per heavy atom. The Morgan fingerprint density at radius 3 is 2.48 bits per heavy atom. The first-order valence-electron chi connectivity index (χ1n) is 6.62. The second-order valence-corrected chi connectivity index (χ2v) is 4.52. The van der Waals surface area contributed by atoms with E-state index in [0.717, 1.165) is 24.3 Å². The van der Waals surface area contributed by atoms with Gasteiger partial charge in [0.1, 0.15) is 11.6 Å². The predicted molar refractivity (Wildman–Crippen MR) is 74.5 cm³/mol. The molecule has 2 rings (SSSR count). The molecule has 0 spiro atoms. The van der Waals surface area contributed by atoms with E-state index >= 15 is 0 Å². The first-order chi connectivity index (χ1) is 10.8. The van der Waals surface area contributed by atoms with E-state index in [4.69, 9.17) is 4.74 Å². The first-order valence-corrected chi connectivity index (χ1v) is 6.62. The van der Waals surface area contributed by atoms with Crippen LogP contribution in [0.15, 0.2) is 42.5 Å². The second kappa shape index (κ2) is 6.68. The standard InChI is InChI=1S/C16H12F4O3/c1-2-22-15(21)12-6-11(7-13(17)8-12)10-4-3-5-14(9-10)23-16(18,19)20/h3-9H,2H2,1H3. The zero-order valence-corrected chi connectivity index (χ0v) is 12.0. The zero-order chi connectivity index (χ0) is 17.0. The third kappa shape index (κ3) is 4.70. The molecule has 3 nitrogen and oxygen atoms in total. The van der Waals surface area contributed by atoms with E-state index in [2.05, 4.69) is 4.74 Å². The van der Waals surface area contributed by atoms with Crippen LogP contribution in [-0.2, 0) is 4.74 Å². The number of carbonyl (C=O) groups excluding carboxylic acids is 1. The minimum absolute atomic E-state index is 0.0241. The van der Waals surface area contributed by atoms with Gasteiger partial charge in [-0.1, -0.05) is 12.1 Å². The molecule has 0 aliphatic rings. The summed E-state index contributed by atoms with van der Waals surface area (Å²) in [4.78, 5) is 11.7. The number of hydrogen-bond donors (Lipinski definition) is 0. The quantitative estimate of drug-likeness (QED) is 0.609. The highest BCUT2D eigenvalue weighted by Gasteiger charge is 2.31. The van der Waals surface area contributed by atoms with E-state index < -0.39 is 23.9 Å². The van der Waals surface area contributed by atoms with E-state index in [1.807, 2.05) is 0 Å². The average molecular weight is 328 g/mol. The molecule has 0 saturated carbocycles. The lowest BCUT2D eigenvalue weighted by atomic mass is 10.0. The third-order valence-corrected chi connectivity index (χ3v) is 2.81. The minimum Gasteiger partial charge on any atom is -0.462 e. The van der Waals surface area contributed by atoms with Crippen molar-refractivity contribution in [3.63, 3.8) is 0 Å². The fourth-order valence-corrected chi connectivity index (χ4v) is 1.96. The van der Waals surface area contributed by atoms with E-state index in [1.165, 1.54) is 18.2 Å². The predicted octanol–water partition coefficient (Wildman–Crippen LogP) is 4.57. The van der Waals surface area contributed by atoms with Crippen molar-refractivity contribution in [3.8, 4) is 16.9 Å². The fraction of sp³-hybridized carbons (Fsp3) is 0.188. The van der Waals surface area contributed by atoms with Crippen molar-refractivity contribution in [1.29, 1.82) is 0 Å². The molecule has 23 heavy (non-hydrogen) atoms. The van der Waals surface area contributed by atoms with E-state index in [1.54, 1.807) is 6.92 Å². The summed E-state index contributed by atoms with van der Waals surface area (Å²) in [5.41, 5.74) is 0.487. The topological polar surface area (TPSA) is 35.5 Å². The molecule has 2 aromatic rings. The Bertz CT molecular complexity index is 711. The molecule has 0 bridgehead atoms. The number of esters is 1. The van der Waals surface area contributed by atoms with Gasteiger partial charge in [0, 0.05) is 0 Å². The number of carbonyl (C=O) groups is 1. The highest BCUT2D eigenvalue weighted by atomic mass is 19.4. The van der Waals surface area contributed by atoms with Gasteiger partial charge in [0.05, 0.1) is 12.2 Å². The molecular weight excluding hydrogens is 316 g/mol. The average Bonchev–Trinajstić information content (AvgIpc) is 2.45. The summed E-state index contributed by atoms with van der Waals surface area (Å²) in [7, 11) is 0. The summed E-state index contributed by atoms with van der Waals surface area (Å²) in [6.45, 7) is 1.73.